The number of rotatable bonds is 0. The summed E-state index contributed by atoms with van der Waals surface area (Å²) >= 11 is 0. The SMILES string of the molecule is c1ccccc1.c1cnnpc1. The van der Waals surface area contributed by atoms with Crippen molar-refractivity contribution in [2.24, 2.45) is 0 Å². The molecule has 1 aromatic carbocycles. The first kappa shape index (κ1) is 8.82. The Hall–Kier alpha value is -1.27. The van der Waals surface area contributed by atoms with Crippen molar-refractivity contribution < 1.29 is 0 Å². The van der Waals surface area contributed by atoms with E-state index in [1.807, 2.05) is 48.3 Å². The van der Waals surface area contributed by atoms with Gasteiger partial charge in [0.05, 0.1) is 14.5 Å². The zero-order chi connectivity index (χ0) is 8.49. The molecule has 0 saturated carbocycles. The number of benzene rings is 1. The molecule has 1 heterocycles. The van der Waals surface area contributed by atoms with Crippen molar-refractivity contribution in [2.75, 3.05) is 0 Å². The van der Waals surface area contributed by atoms with Gasteiger partial charge in [0.2, 0.25) is 0 Å². The number of hydrogen-bond donors (Lipinski definition) is 0. The predicted octanol–water partition coefficient (Wildman–Crippen LogP) is 2.74. The highest BCUT2D eigenvalue weighted by Gasteiger charge is 1.61. The van der Waals surface area contributed by atoms with Gasteiger partial charge in [0, 0.05) is 0 Å². The van der Waals surface area contributed by atoms with Gasteiger partial charge in [-0.3, -0.25) is 0 Å². The fourth-order valence-corrected chi connectivity index (χ4v) is 0.923. The highest BCUT2D eigenvalue weighted by atomic mass is 31.0. The molecule has 2 rings (SSSR count). The normalized spacial score (nSPS) is 8.67. The highest BCUT2D eigenvalue weighted by Crippen LogP contribution is 1.88. The van der Waals surface area contributed by atoms with Crippen LogP contribution in [0.3, 0.4) is 0 Å². The smallest absolute Gasteiger partial charge is 0.0632 e. The molecule has 0 saturated heterocycles. The van der Waals surface area contributed by atoms with Gasteiger partial charge < -0.3 is 0 Å². The number of aromatic nitrogens is 2. The minimum absolute atomic E-state index is 0.945. The Labute approximate surface area is 73.5 Å². The second kappa shape index (κ2) is 6.44. The third-order valence-electron chi connectivity index (χ3n) is 1.08. The molecule has 0 atom stereocenters. The summed E-state index contributed by atoms with van der Waals surface area (Å²) in [7, 11) is 0.945. The Balaban J connectivity index is 0.000000120. The van der Waals surface area contributed by atoms with Crippen LogP contribution in [0, 0.1) is 0 Å². The molecule has 0 aliphatic rings. The van der Waals surface area contributed by atoms with Crippen molar-refractivity contribution in [2.45, 2.75) is 0 Å². The minimum Gasteiger partial charge on any atom is -0.155 e. The summed E-state index contributed by atoms with van der Waals surface area (Å²) in [6, 6.07) is 13.9. The first-order valence-corrected chi connectivity index (χ1v) is 4.50. The summed E-state index contributed by atoms with van der Waals surface area (Å²) in [6.07, 6.45) is 1.66. The van der Waals surface area contributed by atoms with Crippen LogP contribution in [0.1, 0.15) is 0 Å². The van der Waals surface area contributed by atoms with E-state index in [1.165, 1.54) is 0 Å². The summed E-state index contributed by atoms with van der Waals surface area (Å²) in [4.78, 5) is 3.63. The monoisotopic (exact) mass is 176 g/mol. The average molecular weight is 176 g/mol. The summed E-state index contributed by atoms with van der Waals surface area (Å²) in [5.74, 6) is 1.92. The summed E-state index contributed by atoms with van der Waals surface area (Å²) in [5, 5.41) is 3.58. The Morgan fingerprint density at radius 1 is 0.750 bits per heavy atom. The molecule has 0 radical (unpaired) electrons. The maximum atomic E-state index is 3.63. The van der Waals surface area contributed by atoms with E-state index in [-0.39, 0.29) is 0 Å². The van der Waals surface area contributed by atoms with Gasteiger partial charge in [0.25, 0.3) is 0 Å². The Bertz CT molecular complexity index is 188. The lowest BCUT2D eigenvalue weighted by atomic mass is 10.4. The third kappa shape index (κ3) is 4.53. The topological polar surface area (TPSA) is 25.8 Å². The van der Waals surface area contributed by atoms with Gasteiger partial charge in [0.1, 0.15) is 0 Å². The molecule has 0 aliphatic carbocycles. The number of hydrogen-bond acceptors (Lipinski definition) is 2. The van der Waals surface area contributed by atoms with E-state index in [9.17, 15) is 0 Å². The average Bonchev–Trinajstić information content (AvgIpc) is 2.24. The van der Waals surface area contributed by atoms with Crippen molar-refractivity contribution in [1.82, 2.24) is 9.96 Å². The van der Waals surface area contributed by atoms with E-state index in [0.717, 1.165) is 8.35 Å². The minimum atomic E-state index is 0.945. The third-order valence-corrected chi connectivity index (χ3v) is 1.59. The predicted molar refractivity (Wildman–Crippen MR) is 51.0 cm³/mol. The van der Waals surface area contributed by atoms with Crippen molar-refractivity contribution >= 4 is 8.35 Å². The molecule has 12 heavy (non-hydrogen) atoms. The fourth-order valence-electron chi connectivity index (χ4n) is 0.590. The molecule has 0 N–H and O–H groups in total. The molecule has 3 heteroatoms. The van der Waals surface area contributed by atoms with Crippen molar-refractivity contribution in [3.05, 3.63) is 54.5 Å². The highest BCUT2D eigenvalue weighted by molar-refractivity contribution is 7.24. The molecule has 60 valence electrons. The summed E-state index contributed by atoms with van der Waals surface area (Å²) in [6.45, 7) is 0. The van der Waals surface area contributed by atoms with Crippen LogP contribution >= 0.6 is 8.35 Å². The van der Waals surface area contributed by atoms with Crippen LogP contribution in [0.25, 0.3) is 0 Å². The quantitative estimate of drug-likeness (QED) is 0.616. The van der Waals surface area contributed by atoms with Gasteiger partial charge in [-0.1, -0.05) is 36.4 Å². The van der Waals surface area contributed by atoms with Crippen LogP contribution in [0.15, 0.2) is 54.5 Å². The van der Waals surface area contributed by atoms with Gasteiger partial charge in [-0.05, 0) is 11.9 Å². The molecule has 0 unspecified atom stereocenters. The maximum absolute atomic E-state index is 3.63. The van der Waals surface area contributed by atoms with E-state index in [4.69, 9.17) is 0 Å². The molecule has 0 aliphatic heterocycles. The van der Waals surface area contributed by atoms with Crippen molar-refractivity contribution in [3.8, 4) is 0 Å². The first-order chi connectivity index (χ1) is 6.00. The van der Waals surface area contributed by atoms with E-state index >= 15 is 0 Å². The first-order valence-electron chi connectivity index (χ1n) is 3.58. The van der Waals surface area contributed by atoms with Gasteiger partial charge in [-0.2, -0.15) is 5.10 Å². The lowest BCUT2D eigenvalue weighted by molar-refractivity contribution is 1.13. The van der Waals surface area contributed by atoms with Gasteiger partial charge >= 0.3 is 0 Å². The zero-order valence-corrected chi connectivity index (χ0v) is 7.43. The van der Waals surface area contributed by atoms with E-state index in [0.29, 0.717) is 0 Å². The second-order valence-corrected chi connectivity index (χ2v) is 2.67. The molecule has 0 fully saturated rings. The van der Waals surface area contributed by atoms with Gasteiger partial charge in [0.15, 0.2) is 0 Å². The van der Waals surface area contributed by atoms with Crippen molar-refractivity contribution in [3.63, 3.8) is 0 Å². The van der Waals surface area contributed by atoms with Crippen LogP contribution in [0.5, 0.6) is 0 Å². The molecule has 2 aromatic rings. The Kier molecular flexibility index (Phi) is 4.74. The molecular weight excluding hydrogens is 167 g/mol. The van der Waals surface area contributed by atoms with Gasteiger partial charge in [-0.25, -0.2) is 0 Å². The fraction of sp³-hybridized carbons (Fsp3) is 0. The lowest BCUT2D eigenvalue weighted by Crippen LogP contribution is -1.63. The van der Waals surface area contributed by atoms with Crippen LogP contribution < -0.4 is 0 Å². The standard InChI is InChI=1S/C6H6.C3H3N2P/c1-2-4-6-5-3-1;1-2-4-5-6-3-1/h1-6H;1-3H. The molecule has 0 amide bonds. The molecular formula is C9H9N2P. The van der Waals surface area contributed by atoms with Crippen LogP contribution in [-0.4, -0.2) is 9.96 Å². The molecule has 0 spiro atoms. The maximum Gasteiger partial charge on any atom is 0.0632 e. The molecule has 1 aromatic heterocycles. The summed E-state index contributed by atoms with van der Waals surface area (Å²) < 4.78 is 0. The van der Waals surface area contributed by atoms with E-state index < -0.39 is 0 Å². The van der Waals surface area contributed by atoms with Crippen LogP contribution in [-0.2, 0) is 0 Å². The Morgan fingerprint density at radius 3 is 1.50 bits per heavy atom. The van der Waals surface area contributed by atoms with Gasteiger partial charge in [-0.15, -0.1) is 4.86 Å². The van der Waals surface area contributed by atoms with Crippen LogP contribution in [0.4, 0.5) is 0 Å². The Morgan fingerprint density at radius 2 is 1.33 bits per heavy atom. The second-order valence-electron chi connectivity index (χ2n) is 1.97. The lowest BCUT2D eigenvalue weighted by Gasteiger charge is -1.69. The van der Waals surface area contributed by atoms with E-state index in [1.54, 1.807) is 6.20 Å². The van der Waals surface area contributed by atoms with Crippen LogP contribution in [0.2, 0.25) is 0 Å². The largest absolute Gasteiger partial charge is 0.155 e. The van der Waals surface area contributed by atoms with E-state index in [2.05, 4.69) is 9.96 Å². The number of nitrogens with zero attached hydrogens (tertiary/aromatic N) is 2. The zero-order valence-electron chi connectivity index (χ0n) is 6.54. The summed E-state index contributed by atoms with van der Waals surface area (Å²) in [5.41, 5.74) is 0. The van der Waals surface area contributed by atoms with Crippen molar-refractivity contribution in [1.29, 1.82) is 0 Å². The molecule has 0 bridgehead atoms. The molecule has 2 nitrogen and oxygen atoms in total.